The largest absolute Gasteiger partial charge is 0.477 e. The second-order valence-electron chi connectivity index (χ2n) is 7.43. The fraction of sp³-hybridized carbons (Fsp3) is 0.444. The first kappa shape index (κ1) is 16.6. The van der Waals surface area contributed by atoms with Crippen molar-refractivity contribution in [3.05, 3.63) is 39.7 Å². The highest BCUT2D eigenvalue weighted by Crippen LogP contribution is 2.40. The summed E-state index contributed by atoms with van der Waals surface area (Å²) in [6.07, 6.45) is 2.71. The molecule has 7 nitrogen and oxygen atoms in total. The number of fused-ring (bicyclic) bond motifs is 2. The summed E-state index contributed by atoms with van der Waals surface area (Å²) in [5.41, 5.74) is 1.32. The van der Waals surface area contributed by atoms with Crippen LogP contribution in [0.5, 0.6) is 0 Å². The van der Waals surface area contributed by atoms with Crippen LogP contribution in [-0.2, 0) is 4.84 Å². The molecule has 5 rings (SSSR count). The first-order valence-electron chi connectivity index (χ1n) is 8.88. The van der Waals surface area contributed by atoms with E-state index in [1.165, 1.54) is 10.8 Å². The van der Waals surface area contributed by atoms with E-state index in [0.29, 0.717) is 19.7 Å². The number of pyridine rings is 1. The van der Waals surface area contributed by atoms with Crippen LogP contribution in [0, 0.1) is 17.6 Å². The number of nitrogens with one attached hydrogen (secondary N) is 1. The summed E-state index contributed by atoms with van der Waals surface area (Å²) >= 11 is 0. The van der Waals surface area contributed by atoms with Crippen molar-refractivity contribution >= 4 is 22.6 Å². The molecular formula is C18H17F2N3O4. The zero-order valence-electron chi connectivity index (χ0n) is 14.2. The molecule has 0 spiro atoms. The molecule has 1 aromatic heterocycles. The van der Waals surface area contributed by atoms with Crippen molar-refractivity contribution in [3.8, 4) is 0 Å². The van der Waals surface area contributed by atoms with E-state index in [0.717, 1.165) is 18.9 Å². The van der Waals surface area contributed by atoms with E-state index >= 15 is 4.39 Å². The van der Waals surface area contributed by atoms with Crippen LogP contribution >= 0.6 is 0 Å². The maximum Gasteiger partial charge on any atom is 0.341 e. The molecule has 27 heavy (non-hydrogen) atoms. The minimum Gasteiger partial charge on any atom is -0.477 e. The van der Waals surface area contributed by atoms with Crippen LogP contribution in [0.4, 0.5) is 14.5 Å². The van der Waals surface area contributed by atoms with Crippen molar-refractivity contribution in [3.63, 3.8) is 0 Å². The van der Waals surface area contributed by atoms with Crippen molar-refractivity contribution in [2.75, 3.05) is 24.6 Å². The molecule has 142 valence electrons. The van der Waals surface area contributed by atoms with Gasteiger partial charge in [-0.05, 0) is 18.9 Å². The molecule has 2 aromatic rings. The predicted octanol–water partition coefficient (Wildman–Crippen LogP) is 1.65. The van der Waals surface area contributed by atoms with Crippen LogP contribution in [0.25, 0.3) is 10.9 Å². The summed E-state index contributed by atoms with van der Waals surface area (Å²) in [6.45, 7) is 1.31. The van der Waals surface area contributed by atoms with Gasteiger partial charge in [-0.3, -0.25) is 4.79 Å². The average Bonchev–Trinajstić information content (AvgIpc) is 3.24. The Kier molecular flexibility index (Phi) is 3.54. The number of halogens is 2. The van der Waals surface area contributed by atoms with E-state index in [2.05, 4.69) is 5.48 Å². The number of aromatic carboxylic acids is 1. The number of carbonyl (C=O) groups is 1. The fourth-order valence-corrected chi connectivity index (χ4v) is 4.13. The molecule has 2 N–H and O–H groups in total. The lowest BCUT2D eigenvalue weighted by Crippen LogP contribution is -2.30. The second kappa shape index (κ2) is 5.74. The lowest BCUT2D eigenvalue weighted by atomic mass is 10.1. The summed E-state index contributed by atoms with van der Waals surface area (Å²) in [5, 5.41) is 9.05. The standard InChI is InChI=1S/C18H17F2N3O4/c19-12-3-10-15(23(9-1-2-9)5-11(17(10)24)18(25)26)14(20)16(12)22-4-8-7-27-21-13(8)6-22/h3,5,8-9,13,21H,1-2,4,6-7H2,(H,25,26). The summed E-state index contributed by atoms with van der Waals surface area (Å²) in [5.74, 6) is -2.94. The van der Waals surface area contributed by atoms with Gasteiger partial charge >= 0.3 is 5.97 Å². The zero-order valence-corrected chi connectivity index (χ0v) is 14.2. The molecule has 2 aliphatic heterocycles. The highest BCUT2D eigenvalue weighted by atomic mass is 19.1. The number of anilines is 1. The zero-order chi connectivity index (χ0) is 18.9. The molecule has 1 aromatic carbocycles. The van der Waals surface area contributed by atoms with Crippen LogP contribution in [0.1, 0.15) is 29.2 Å². The molecule has 3 aliphatic rings. The number of carboxylic acid groups (broad SMARTS) is 1. The number of hydrogen-bond donors (Lipinski definition) is 2. The van der Waals surface area contributed by atoms with Crippen LogP contribution in [-0.4, -0.2) is 41.4 Å². The minimum absolute atomic E-state index is 0.000455. The lowest BCUT2D eigenvalue weighted by molar-refractivity contribution is 0.0694. The third-order valence-corrected chi connectivity index (χ3v) is 5.64. The molecular weight excluding hydrogens is 360 g/mol. The Bertz CT molecular complexity index is 1020. The van der Waals surface area contributed by atoms with E-state index in [1.807, 2.05) is 0 Å². The van der Waals surface area contributed by atoms with Gasteiger partial charge in [0.15, 0.2) is 5.82 Å². The Morgan fingerprint density at radius 3 is 2.74 bits per heavy atom. The molecule has 1 saturated carbocycles. The summed E-state index contributed by atoms with van der Waals surface area (Å²) in [6, 6.07) is 0.894. The number of hydrogen-bond acceptors (Lipinski definition) is 5. The Morgan fingerprint density at radius 1 is 1.30 bits per heavy atom. The van der Waals surface area contributed by atoms with Gasteiger partial charge in [0.2, 0.25) is 5.43 Å². The monoisotopic (exact) mass is 377 g/mol. The number of benzene rings is 1. The molecule has 2 saturated heterocycles. The van der Waals surface area contributed by atoms with E-state index in [9.17, 15) is 19.1 Å². The molecule has 0 radical (unpaired) electrons. The van der Waals surface area contributed by atoms with Gasteiger partial charge < -0.3 is 19.4 Å². The number of carboxylic acids is 1. The van der Waals surface area contributed by atoms with Gasteiger partial charge in [0.1, 0.15) is 17.1 Å². The number of nitrogens with zero attached hydrogens (tertiary/aromatic N) is 2. The summed E-state index contributed by atoms with van der Waals surface area (Å²) in [4.78, 5) is 30.7. The maximum atomic E-state index is 15.5. The lowest BCUT2D eigenvalue weighted by Gasteiger charge is -2.23. The number of aromatic nitrogens is 1. The highest BCUT2D eigenvalue weighted by Gasteiger charge is 2.40. The number of rotatable bonds is 3. The van der Waals surface area contributed by atoms with Gasteiger partial charge in [0.05, 0.1) is 23.6 Å². The van der Waals surface area contributed by atoms with Crippen LogP contribution < -0.4 is 15.8 Å². The topological polar surface area (TPSA) is 83.8 Å². The van der Waals surface area contributed by atoms with Gasteiger partial charge in [-0.25, -0.2) is 13.6 Å². The molecule has 0 amide bonds. The van der Waals surface area contributed by atoms with Crippen molar-refractivity contribution in [2.45, 2.75) is 24.9 Å². The number of hydroxylamine groups is 1. The van der Waals surface area contributed by atoms with Crippen molar-refractivity contribution in [1.82, 2.24) is 10.0 Å². The van der Waals surface area contributed by atoms with Gasteiger partial charge in [-0.1, -0.05) is 0 Å². The first-order chi connectivity index (χ1) is 13.0. The molecule has 2 unspecified atom stereocenters. The van der Waals surface area contributed by atoms with Gasteiger partial charge in [-0.15, -0.1) is 0 Å². The SMILES string of the molecule is O=C(O)c1cn(C2CC2)c2c(F)c(N3CC4CONC4C3)c(F)cc2c1=O. The van der Waals surface area contributed by atoms with Gasteiger partial charge in [0, 0.05) is 31.2 Å². The van der Waals surface area contributed by atoms with E-state index in [4.69, 9.17) is 4.84 Å². The molecule has 3 fully saturated rings. The van der Waals surface area contributed by atoms with Crippen molar-refractivity contribution in [1.29, 1.82) is 0 Å². The first-order valence-corrected chi connectivity index (χ1v) is 8.88. The average molecular weight is 377 g/mol. The van der Waals surface area contributed by atoms with Crippen LogP contribution in [0.2, 0.25) is 0 Å². The predicted molar refractivity (Wildman–Crippen MR) is 91.9 cm³/mol. The van der Waals surface area contributed by atoms with E-state index in [-0.39, 0.29) is 34.6 Å². The van der Waals surface area contributed by atoms with Crippen molar-refractivity contribution < 1.29 is 23.5 Å². The van der Waals surface area contributed by atoms with Crippen molar-refractivity contribution in [2.24, 2.45) is 5.92 Å². The quantitative estimate of drug-likeness (QED) is 0.846. The van der Waals surface area contributed by atoms with Gasteiger partial charge in [-0.2, -0.15) is 5.48 Å². The maximum absolute atomic E-state index is 15.5. The fourth-order valence-electron chi connectivity index (χ4n) is 4.13. The van der Waals surface area contributed by atoms with E-state index < -0.39 is 28.6 Å². The smallest absolute Gasteiger partial charge is 0.341 e. The van der Waals surface area contributed by atoms with Crippen LogP contribution in [0.15, 0.2) is 17.1 Å². The summed E-state index contributed by atoms with van der Waals surface area (Å²) in [7, 11) is 0. The Morgan fingerprint density at radius 2 is 2.07 bits per heavy atom. The molecule has 3 heterocycles. The highest BCUT2D eigenvalue weighted by molar-refractivity contribution is 5.94. The molecule has 1 aliphatic carbocycles. The summed E-state index contributed by atoms with van der Waals surface area (Å²) < 4.78 is 31.8. The molecule has 2 atom stereocenters. The normalized spacial score (nSPS) is 24.6. The van der Waals surface area contributed by atoms with E-state index in [1.54, 1.807) is 4.90 Å². The third-order valence-electron chi connectivity index (χ3n) is 5.64. The second-order valence-corrected chi connectivity index (χ2v) is 7.43. The molecule has 9 heteroatoms. The minimum atomic E-state index is -1.40. The Hall–Kier alpha value is -2.52. The molecule has 0 bridgehead atoms. The third kappa shape index (κ3) is 2.45. The van der Waals surface area contributed by atoms with Crippen LogP contribution in [0.3, 0.4) is 0 Å². The Labute approximate surface area is 152 Å². The Balaban J connectivity index is 1.73. The van der Waals surface area contributed by atoms with Gasteiger partial charge in [0.25, 0.3) is 0 Å².